The number of ether oxygens (including phenoxy) is 2. The maximum Gasteiger partial charge on any atom is 0.125 e. The molecule has 0 amide bonds. The Labute approximate surface area is 118 Å². The molecule has 3 nitrogen and oxygen atoms in total. The van der Waals surface area contributed by atoms with E-state index in [2.05, 4.69) is 5.32 Å². The third kappa shape index (κ3) is 4.46. The first-order valence-electron chi connectivity index (χ1n) is 6.54. The molecule has 20 heavy (non-hydrogen) atoms. The molecule has 2 aromatic carbocycles. The van der Waals surface area contributed by atoms with Crippen LogP contribution in [0.1, 0.15) is 6.42 Å². The first-order valence-corrected chi connectivity index (χ1v) is 6.54. The van der Waals surface area contributed by atoms with Crippen LogP contribution in [0.5, 0.6) is 11.5 Å². The van der Waals surface area contributed by atoms with E-state index in [-0.39, 0.29) is 5.82 Å². The Morgan fingerprint density at radius 2 is 1.80 bits per heavy atom. The lowest BCUT2D eigenvalue weighted by molar-refractivity contribution is 0.314. The molecule has 4 heteroatoms. The number of rotatable bonds is 7. The van der Waals surface area contributed by atoms with E-state index in [0.717, 1.165) is 30.2 Å². The van der Waals surface area contributed by atoms with E-state index in [1.54, 1.807) is 13.2 Å². The van der Waals surface area contributed by atoms with Gasteiger partial charge in [-0.1, -0.05) is 6.07 Å². The molecule has 0 aliphatic carbocycles. The molecule has 0 unspecified atom stereocenters. The maximum absolute atomic E-state index is 13.0. The Morgan fingerprint density at radius 1 is 1.05 bits per heavy atom. The highest BCUT2D eigenvalue weighted by Crippen LogP contribution is 2.17. The van der Waals surface area contributed by atoms with Crippen LogP contribution in [0.2, 0.25) is 0 Å². The van der Waals surface area contributed by atoms with Crippen LogP contribution in [-0.2, 0) is 0 Å². The normalized spacial score (nSPS) is 10.1. The van der Waals surface area contributed by atoms with Gasteiger partial charge in [0, 0.05) is 12.2 Å². The highest BCUT2D eigenvalue weighted by Gasteiger charge is 1.96. The van der Waals surface area contributed by atoms with Crippen LogP contribution in [0.4, 0.5) is 10.1 Å². The minimum Gasteiger partial charge on any atom is -0.497 e. The second-order valence-electron chi connectivity index (χ2n) is 4.31. The Bertz CT molecular complexity index is 528. The van der Waals surface area contributed by atoms with Crippen molar-refractivity contribution in [3.05, 3.63) is 54.3 Å². The van der Waals surface area contributed by atoms with Gasteiger partial charge in [-0.25, -0.2) is 4.39 Å². The second-order valence-corrected chi connectivity index (χ2v) is 4.31. The number of hydrogen-bond donors (Lipinski definition) is 1. The van der Waals surface area contributed by atoms with Gasteiger partial charge in [-0.05, 0) is 48.9 Å². The van der Waals surface area contributed by atoms with Crippen LogP contribution < -0.4 is 14.8 Å². The van der Waals surface area contributed by atoms with Gasteiger partial charge in [0.1, 0.15) is 17.3 Å². The molecule has 2 aromatic rings. The van der Waals surface area contributed by atoms with Crippen molar-refractivity contribution < 1.29 is 13.9 Å². The second kappa shape index (κ2) is 7.38. The number of benzene rings is 2. The zero-order chi connectivity index (χ0) is 14.2. The van der Waals surface area contributed by atoms with Crippen molar-refractivity contribution in [2.24, 2.45) is 0 Å². The molecule has 0 saturated heterocycles. The largest absolute Gasteiger partial charge is 0.497 e. The van der Waals surface area contributed by atoms with Crippen LogP contribution in [0.25, 0.3) is 0 Å². The summed E-state index contributed by atoms with van der Waals surface area (Å²) >= 11 is 0. The quantitative estimate of drug-likeness (QED) is 0.781. The van der Waals surface area contributed by atoms with Crippen LogP contribution >= 0.6 is 0 Å². The van der Waals surface area contributed by atoms with E-state index in [0.29, 0.717) is 6.61 Å². The number of halogens is 1. The van der Waals surface area contributed by atoms with Crippen LogP contribution in [0, 0.1) is 5.82 Å². The van der Waals surface area contributed by atoms with E-state index in [4.69, 9.17) is 9.47 Å². The van der Waals surface area contributed by atoms with E-state index in [1.807, 2.05) is 30.3 Å². The molecular weight excluding hydrogens is 257 g/mol. The molecule has 0 aliphatic rings. The van der Waals surface area contributed by atoms with E-state index in [1.165, 1.54) is 12.1 Å². The number of nitrogens with one attached hydrogen (secondary N) is 1. The Kier molecular flexibility index (Phi) is 5.24. The third-order valence-corrected chi connectivity index (χ3v) is 2.80. The topological polar surface area (TPSA) is 30.5 Å². The fourth-order valence-corrected chi connectivity index (χ4v) is 1.77. The number of anilines is 1. The van der Waals surface area contributed by atoms with Gasteiger partial charge < -0.3 is 14.8 Å². The van der Waals surface area contributed by atoms with Crippen molar-refractivity contribution in [2.45, 2.75) is 6.42 Å². The van der Waals surface area contributed by atoms with Gasteiger partial charge >= 0.3 is 0 Å². The lowest BCUT2D eigenvalue weighted by atomic mass is 10.3. The van der Waals surface area contributed by atoms with Gasteiger partial charge in [0.05, 0.1) is 13.7 Å². The minimum absolute atomic E-state index is 0.232. The average Bonchev–Trinajstić information content (AvgIpc) is 2.48. The minimum atomic E-state index is -0.232. The summed E-state index contributed by atoms with van der Waals surface area (Å²) in [6.45, 7) is 1.34. The molecule has 0 fully saturated rings. The molecule has 0 radical (unpaired) electrons. The molecule has 0 spiro atoms. The van der Waals surface area contributed by atoms with E-state index < -0.39 is 0 Å². The molecule has 0 heterocycles. The summed E-state index contributed by atoms with van der Waals surface area (Å²) in [5.41, 5.74) is 0.787. The Balaban J connectivity index is 1.66. The maximum atomic E-state index is 13.0. The Morgan fingerprint density at radius 3 is 2.50 bits per heavy atom. The van der Waals surface area contributed by atoms with E-state index in [9.17, 15) is 4.39 Å². The monoisotopic (exact) mass is 275 g/mol. The molecule has 0 saturated carbocycles. The standard InChI is InChI=1S/C16H18FNO2/c1-19-15-6-8-16(9-7-15)20-11-3-10-18-14-5-2-4-13(17)12-14/h2,4-9,12,18H,3,10-11H2,1H3. The first kappa shape index (κ1) is 14.2. The molecule has 106 valence electrons. The van der Waals surface area contributed by atoms with Crippen molar-refractivity contribution in [2.75, 3.05) is 25.6 Å². The van der Waals surface area contributed by atoms with Gasteiger partial charge in [-0.2, -0.15) is 0 Å². The molecular formula is C16H18FNO2. The van der Waals surface area contributed by atoms with Gasteiger partial charge in [-0.15, -0.1) is 0 Å². The first-order chi connectivity index (χ1) is 9.78. The number of methoxy groups -OCH3 is 1. The number of hydrogen-bond acceptors (Lipinski definition) is 3. The summed E-state index contributed by atoms with van der Waals surface area (Å²) in [7, 11) is 1.63. The lowest BCUT2D eigenvalue weighted by Crippen LogP contribution is -2.07. The van der Waals surface area contributed by atoms with Crippen molar-refractivity contribution in [3.8, 4) is 11.5 Å². The van der Waals surface area contributed by atoms with Crippen molar-refractivity contribution in [3.63, 3.8) is 0 Å². The summed E-state index contributed by atoms with van der Waals surface area (Å²) in [4.78, 5) is 0. The highest BCUT2D eigenvalue weighted by molar-refractivity contribution is 5.42. The molecule has 0 bridgehead atoms. The van der Waals surface area contributed by atoms with E-state index >= 15 is 0 Å². The van der Waals surface area contributed by atoms with Crippen LogP contribution in [-0.4, -0.2) is 20.3 Å². The third-order valence-electron chi connectivity index (χ3n) is 2.80. The van der Waals surface area contributed by atoms with Gasteiger partial charge in [-0.3, -0.25) is 0 Å². The van der Waals surface area contributed by atoms with Gasteiger partial charge in [0.2, 0.25) is 0 Å². The molecule has 0 aromatic heterocycles. The van der Waals surface area contributed by atoms with Crippen molar-refractivity contribution in [1.82, 2.24) is 0 Å². The van der Waals surface area contributed by atoms with Gasteiger partial charge in [0.15, 0.2) is 0 Å². The predicted molar refractivity (Wildman–Crippen MR) is 78.0 cm³/mol. The fourth-order valence-electron chi connectivity index (χ4n) is 1.77. The van der Waals surface area contributed by atoms with Crippen LogP contribution in [0.15, 0.2) is 48.5 Å². The van der Waals surface area contributed by atoms with Crippen molar-refractivity contribution >= 4 is 5.69 Å². The van der Waals surface area contributed by atoms with Gasteiger partial charge in [0.25, 0.3) is 0 Å². The SMILES string of the molecule is COc1ccc(OCCCNc2cccc(F)c2)cc1. The summed E-state index contributed by atoms with van der Waals surface area (Å²) in [6, 6.07) is 13.9. The molecule has 0 aliphatic heterocycles. The summed E-state index contributed by atoms with van der Waals surface area (Å²) in [5.74, 6) is 1.39. The highest BCUT2D eigenvalue weighted by atomic mass is 19.1. The fraction of sp³-hybridized carbons (Fsp3) is 0.250. The predicted octanol–water partition coefficient (Wildman–Crippen LogP) is 3.72. The zero-order valence-electron chi connectivity index (χ0n) is 11.4. The summed E-state index contributed by atoms with van der Waals surface area (Å²) in [6.07, 6.45) is 0.836. The smallest absolute Gasteiger partial charge is 0.125 e. The Hall–Kier alpha value is -2.23. The molecule has 2 rings (SSSR count). The molecule has 0 atom stereocenters. The average molecular weight is 275 g/mol. The van der Waals surface area contributed by atoms with Crippen molar-refractivity contribution in [1.29, 1.82) is 0 Å². The molecule has 1 N–H and O–H groups in total. The van der Waals surface area contributed by atoms with Crippen LogP contribution in [0.3, 0.4) is 0 Å². The summed E-state index contributed by atoms with van der Waals surface area (Å²) < 4.78 is 23.6. The summed E-state index contributed by atoms with van der Waals surface area (Å²) in [5, 5.41) is 3.15. The zero-order valence-corrected chi connectivity index (χ0v) is 11.4. The lowest BCUT2D eigenvalue weighted by Gasteiger charge is -2.08.